The second-order valence-corrected chi connectivity index (χ2v) is 6.82. The molecular weight excluding hydrogens is 340 g/mol. The molecule has 16 heavy (non-hydrogen) atoms. The quantitative estimate of drug-likeness (QED) is 0.776. The van der Waals surface area contributed by atoms with Gasteiger partial charge in [-0.05, 0) is 18.3 Å². The van der Waals surface area contributed by atoms with E-state index in [0.717, 1.165) is 0 Å². The molecule has 5 heteroatoms. The van der Waals surface area contributed by atoms with Gasteiger partial charge >= 0.3 is 5.97 Å². The summed E-state index contributed by atoms with van der Waals surface area (Å²) in [6.07, 6.45) is 1.24. The van der Waals surface area contributed by atoms with E-state index in [4.69, 9.17) is 0 Å². The Hall–Kier alpha value is 0.1000. The van der Waals surface area contributed by atoms with Gasteiger partial charge in [0.1, 0.15) is 0 Å². The Balaban J connectivity index is 2.67. The Morgan fingerprint density at radius 1 is 1.50 bits per heavy atom. The van der Waals surface area contributed by atoms with Crippen LogP contribution in [0.15, 0.2) is 0 Å². The van der Waals surface area contributed by atoms with Gasteiger partial charge in [-0.1, -0.05) is 45.7 Å². The lowest BCUT2D eigenvalue weighted by atomic mass is 9.65. The number of halogens is 2. The molecule has 0 amide bonds. The Bertz CT molecular complexity index is 379. The molecular formula is C11H14Br2O3. The summed E-state index contributed by atoms with van der Waals surface area (Å²) in [6.45, 7) is 3.82. The van der Waals surface area contributed by atoms with Gasteiger partial charge in [0, 0.05) is 10.7 Å². The summed E-state index contributed by atoms with van der Waals surface area (Å²) in [4.78, 5) is 23.4. The van der Waals surface area contributed by atoms with Crippen LogP contribution in [0.5, 0.6) is 0 Å². The number of carboxylic acids is 1. The zero-order valence-corrected chi connectivity index (χ0v) is 12.4. The highest BCUT2D eigenvalue weighted by molar-refractivity contribution is 9.10. The van der Waals surface area contributed by atoms with E-state index in [9.17, 15) is 14.7 Å². The fraction of sp³-hybridized carbons (Fsp3) is 0.818. The van der Waals surface area contributed by atoms with Crippen molar-refractivity contribution in [3.05, 3.63) is 0 Å². The number of aliphatic carboxylic acids is 1. The zero-order valence-electron chi connectivity index (χ0n) is 9.22. The van der Waals surface area contributed by atoms with Gasteiger partial charge in [0.15, 0.2) is 5.78 Å². The van der Waals surface area contributed by atoms with Gasteiger partial charge in [-0.2, -0.15) is 0 Å². The standard InChI is InChI=1S/C11H14Br2O3/c1-9(2)10(5-12)3-4-11(9,8(15)16)6(13)7(10)14/h6H,3-5H2,1-2H3,(H,15,16)/t6-,10+,11+/m1/s1. The van der Waals surface area contributed by atoms with Crippen molar-refractivity contribution in [2.24, 2.45) is 16.2 Å². The summed E-state index contributed by atoms with van der Waals surface area (Å²) < 4.78 is 0. The lowest BCUT2D eigenvalue weighted by molar-refractivity contribution is -0.153. The molecule has 2 rings (SSSR count). The molecule has 1 N–H and O–H groups in total. The molecule has 0 saturated heterocycles. The molecule has 90 valence electrons. The molecule has 0 radical (unpaired) electrons. The predicted molar refractivity (Wildman–Crippen MR) is 67.0 cm³/mol. The summed E-state index contributed by atoms with van der Waals surface area (Å²) in [6, 6.07) is 0. The average Bonchev–Trinajstić information content (AvgIpc) is 2.51. The number of carboxylic acid groups (broad SMARTS) is 1. The predicted octanol–water partition coefficient (Wildman–Crippen LogP) is 2.60. The van der Waals surface area contributed by atoms with Gasteiger partial charge in [-0.25, -0.2) is 0 Å². The average molecular weight is 354 g/mol. The van der Waals surface area contributed by atoms with Gasteiger partial charge in [0.25, 0.3) is 0 Å². The Morgan fingerprint density at radius 2 is 2.06 bits per heavy atom. The topological polar surface area (TPSA) is 54.4 Å². The first-order valence-electron chi connectivity index (χ1n) is 5.26. The van der Waals surface area contributed by atoms with E-state index in [1.54, 1.807) is 0 Å². The van der Waals surface area contributed by atoms with Crippen molar-refractivity contribution >= 4 is 43.6 Å². The smallest absolute Gasteiger partial charge is 0.311 e. The molecule has 0 heterocycles. The lowest BCUT2D eigenvalue weighted by Gasteiger charge is -2.38. The lowest BCUT2D eigenvalue weighted by Crippen LogP contribution is -2.45. The van der Waals surface area contributed by atoms with Gasteiger partial charge in [0.05, 0.1) is 10.2 Å². The van der Waals surface area contributed by atoms with Crippen molar-refractivity contribution in [2.75, 3.05) is 5.33 Å². The summed E-state index contributed by atoms with van der Waals surface area (Å²) in [7, 11) is 0. The number of ketones is 1. The number of hydrogen-bond acceptors (Lipinski definition) is 2. The van der Waals surface area contributed by atoms with E-state index in [-0.39, 0.29) is 5.78 Å². The van der Waals surface area contributed by atoms with Gasteiger partial charge in [0.2, 0.25) is 0 Å². The van der Waals surface area contributed by atoms with Crippen molar-refractivity contribution in [3.8, 4) is 0 Å². The third-order valence-electron chi connectivity index (χ3n) is 5.00. The number of fused-ring (bicyclic) bond motifs is 2. The van der Waals surface area contributed by atoms with E-state index in [2.05, 4.69) is 31.9 Å². The van der Waals surface area contributed by atoms with E-state index in [0.29, 0.717) is 18.2 Å². The highest BCUT2D eigenvalue weighted by atomic mass is 79.9. The third kappa shape index (κ3) is 0.964. The molecule has 3 nitrogen and oxygen atoms in total. The SMILES string of the molecule is CC1(C)[C@]2(CBr)CC[C@@]1(C(=O)O)[C@H](Br)C2=O. The molecule has 0 aliphatic heterocycles. The van der Waals surface area contributed by atoms with Crippen LogP contribution in [0.2, 0.25) is 0 Å². The second kappa shape index (κ2) is 3.31. The summed E-state index contributed by atoms with van der Waals surface area (Å²) in [5.74, 6) is -0.809. The summed E-state index contributed by atoms with van der Waals surface area (Å²) >= 11 is 6.72. The molecule has 2 fully saturated rings. The van der Waals surface area contributed by atoms with Crippen LogP contribution in [0.3, 0.4) is 0 Å². The van der Waals surface area contributed by atoms with Crippen LogP contribution in [0.25, 0.3) is 0 Å². The molecule has 0 spiro atoms. The van der Waals surface area contributed by atoms with Crippen molar-refractivity contribution < 1.29 is 14.7 Å². The number of rotatable bonds is 2. The minimum Gasteiger partial charge on any atom is -0.481 e. The molecule has 0 aromatic rings. The van der Waals surface area contributed by atoms with Gasteiger partial charge < -0.3 is 5.11 Å². The fourth-order valence-corrected chi connectivity index (χ4v) is 6.28. The first-order valence-corrected chi connectivity index (χ1v) is 7.29. The highest BCUT2D eigenvalue weighted by Crippen LogP contribution is 2.72. The third-order valence-corrected chi connectivity index (χ3v) is 7.16. The monoisotopic (exact) mass is 352 g/mol. The van der Waals surface area contributed by atoms with E-state index in [1.807, 2.05) is 13.8 Å². The van der Waals surface area contributed by atoms with Crippen LogP contribution in [-0.2, 0) is 9.59 Å². The Morgan fingerprint density at radius 3 is 2.38 bits per heavy atom. The van der Waals surface area contributed by atoms with Crippen LogP contribution in [0.4, 0.5) is 0 Å². The van der Waals surface area contributed by atoms with Gasteiger partial charge in [-0.15, -0.1) is 0 Å². The molecule has 0 unspecified atom stereocenters. The maximum Gasteiger partial charge on any atom is 0.311 e. The minimum absolute atomic E-state index is 0.0445. The van der Waals surface area contributed by atoms with Crippen LogP contribution in [-0.4, -0.2) is 27.0 Å². The number of hydrogen-bond donors (Lipinski definition) is 1. The maximum absolute atomic E-state index is 12.3. The number of carbonyl (C=O) groups is 2. The normalized spacial score (nSPS) is 45.0. The van der Waals surface area contributed by atoms with Crippen molar-refractivity contribution in [1.29, 1.82) is 0 Å². The summed E-state index contributed by atoms with van der Waals surface area (Å²) in [5.41, 5.74) is -1.99. The molecule has 0 aromatic heterocycles. The van der Waals surface area contributed by atoms with Gasteiger partial charge in [-0.3, -0.25) is 9.59 Å². The van der Waals surface area contributed by atoms with Crippen LogP contribution in [0.1, 0.15) is 26.7 Å². The van der Waals surface area contributed by atoms with E-state index < -0.39 is 27.0 Å². The molecule has 2 bridgehead atoms. The molecule has 2 saturated carbocycles. The van der Waals surface area contributed by atoms with E-state index in [1.165, 1.54) is 0 Å². The van der Waals surface area contributed by atoms with Crippen LogP contribution >= 0.6 is 31.9 Å². The summed E-state index contributed by atoms with van der Waals surface area (Å²) in [5, 5.41) is 10.1. The minimum atomic E-state index is -0.947. The van der Waals surface area contributed by atoms with E-state index >= 15 is 0 Å². The van der Waals surface area contributed by atoms with Crippen molar-refractivity contribution in [1.82, 2.24) is 0 Å². The van der Waals surface area contributed by atoms with Crippen LogP contribution < -0.4 is 0 Å². The first kappa shape index (κ1) is 12.6. The fourth-order valence-electron chi connectivity index (χ4n) is 3.59. The maximum atomic E-state index is 12.3. The first-order chi connectivity index (χ1) is 7.28. The number of Topliss-reactive ketones (excluding diaryl/α,β-unsaturated/α-hetero) is 1. The van der Waals surface area contributed by atoms with Crippen molar-refractivity contribution in [3.63, 3.8) is 0 Å². The van der Waals surface area contributed by atoms with Crippen molar-refractivity contribution in [2.45, 2.75) is 31.5 Å². The number of carbonyl (C=O) groups excluding carboxylic acids is 1. The molecule has 2 aliphatic rings. The Labute approximate surface area is 111 Å². The Kier molecular flexibility index (Phi) is 2.60. The molecule has 0 aromatic carbocycles. The second-order valence-electron chi connectivity index (χ2n) is 5.34. The molecule has 2 aliphatic carbocycles. The largest absolute Gasteiger partial charge is 0.481 e. The van der Waals surface area contributed by atoms with Crippen LogP contribution in [0, 0.1) is 16.2 Å². The number of alkyl halides is 2. The molecule has 3 atom stereocenters. The zero-order chi connectivity index (χ0) is 12.4. The highest BCUT2D eigenvalue weighted by Gasteiger charge is 2.78.